The van der Waals surface area contributed by atoms with Crippen molar-refractivity contribution in [2.75, 3.05) is 5.32 Å². The Morgan fingerprint density at radius 3 is 2.39 bits per heavy atom. The Bertz CT molecular complexity index is 552. The van der Waals surface area contributed by atoms with Crippen LogP contribution in [0.1, 0.15) is 22.5 Å². The fourth-order valence-corrected chi connectivity index (χ4v) is 1.98. The van der Waals surface area contributed by atoms with E-state index >= 15 is 0 Å². The van der Waals surface area contributed by atoms with Crippen molar-refractivity contribution in [3.63, 3.8) is 0 Å². The van der Waals surface area contributed by atoms with Gasteiger partial charge in [0.2, 0.25) is 5.91 Å². The number of amides is 1. The van der Waals surface area contributed by atoms with Gasteiger partial charge < -0.3 is 5.32 Å². The Morgan fingerprint density at radius 1 is 1.17 bits per heavy atom. The van der Waals surface area contributed by atoms with Crippen LogP contribution in [0.5, 0.6) is 0 Å². The van der Waals surface area contributed by atoms with Gasteiger partial charge in [-0.25, -0.2) is 0 Å². The van der Waals surface area contributed by atoms with E-state index in [1.807, 2.05) is 39.0 Å². The maximum absolute atomic E-state index is 11.8. The number of carbonyl (C=O) groups excluding carboxylic acids is 1. The molecule has 0 aliphatic carbocycles. The highest BCUT2D eigenvalue weighted by molar-refractivity contribution is 5.92. The molecule has 0 atom stereocenters. The first kappa shape index (κ1) is 12.4. The number of hydrogen-bond donors (Lipinski definition) is 2. The van der Waals surface area contributed by atoms with Crippen molar-refractivity contribution in [1.82, 2.24) is 10.2 Å². The first-order chi connectivity index (χ1) is 8.52. The second kappa shape index (κ2) is 5.04. The molecule has 1 aromatic carbocycles. The van der Waals surface area contributed by atoms with Crippen LogP contribution in [0.2, 0.25) is 0 Å². The van der Waals surface area contributed by atoms with Crippen LogP contribution in [0.15, 0.2) is 24.3 Å². The van der Waals surface area contributed by atoms with Crippen LogP contribution in [-0.4, -0.2) is 16.1 Å². The first-order valence-corrected chi connectivity index (χ1v) is 5.92. The second-order valence-corrected chi connectivity index (χ2v) is 4.64. The number of rotatable bonds is 3. The molecule has 4 nitrogen and oxygen atoms in total. The van der Waals surface area contributed by atoms with Gasteiger partial charge in [-0.05, 0) is 50.1 Å². The predicted octanol–water partition coefficient (Wildman–Crippen LogP) is 2.52. The van der Waals surface area contributed by atoms with E-state index in [9.17, 15) is 4.79 Å². The zero-order valence-electron chi connectivity index (χ0n) is 10.9. The molecule has 1 aromatic heterocycles. The fourth-order valence-electron chi connectivity index (χ4n) is 1.98. The lowest BCUT2D eigenvalue weighted by Gasteiger charge is -2.06. The summed E-state index contributed by atoms with van der Waals surface area (Å²) in [5, 5.41) is 9.76. The topological polar surface area (TPSA) is 57.8 Å². The molecule has 4 heteroatoms. The average molecular weight is 243 g/mol. The molecule has 0 aliphatic rings. The summed E-state index contributed by atoms with van der Waals surface area (Å²) in [4.78, 5) is 11.8. The summed E-state index contributed by atoms with van der Waals surface area (Å²) in [7, 11) is 0. The van der Waals surface area contributed by atoms with Crippen LogP contribution >= 0.6 is 0 Å². The van der Waals surface area contributed by atoms with Crippen molar-refractivity contribution in [2.45, 2.75) is 27.2 Å². The van der Waals surface area contributed by atoms with Gasteiger partial charge >= 0.3 is 0 Å². The summed E-state index contributed by atoms with van der Waals surface area (Å²) in [6.45, 7) is 5.94. The lowest BCUT2D eigenvalue weighted by molar-refractivity contribution is -0.115. The highest BCUT2D eigenvalue weighted by Gasteiger charge is 2.07. The van der Waals surface area contributed by atoms with E-state index in [-0.39, 0.29) is 12.3 Å². The van der Waals surface area contributed by atoms with Gasteiger partial charge in [-0.1, -0.05) is 6.07 Å². The number of carbonyl (C=O) groups is 1. The van der Waals surface area contributed by atoms with Gasteiger partial charge in [-0.2, -0.15) is 5.10 Å². The van der Waals surface area contributed by atoms with E-state index in [1.165, 1.54) is 0 Å². The molecule has 1 amide bonds. The largest absolute Gasteiger partial charge is 0.326 e. The lowest BCUT2D eigenvalue weighted by Crippen LogP contribution is -2.14. The van der Waals surface area contributed by atoms with E-state index < -0.39 is 0 Å². The number of nitrogens with zero attached hydrogens (tertiary/aromatic N) is 1. The van der Waals surface area contributed by atoms with Gasteiger partial charge in [0.15, 0.2) is 0 Å². The summed E-state index contributed by atoms with van der Waals surface area (Å²) in [6.07, 6.45) is 0.289. The van der Waals surface area contributed by atoms with E-state index in [4.69, 9.17) is 0 Å². The van der Waals surface area contributed by atoms with Gasteiger partial charge in [0, 0.05) is 11.4 Å². The molecule has 2 N–H and O–H groups in total. The normalized spacial score (nSPS) is 10.4. The second-order valence-electron chi connectivity index (χ2n) is 4.64. The third-order valence-electron chi connectivity index (χ3n) is 2.61. The highest BCUT2D eigenvalue weighted by atomic mass is 16.1. The van der Waals surface area contributed by atoms with E-state index in [0.717, 1.165) is 28.2 Å². The third-order valence-corrected chi connectivity index (χ3v) is 2.61. The molecule has 0 radical (unpaired) electrons. The standard InChI is InChI=1S/C14H17N3O/c1-9-4-10(2)6-12(5-9)15-14(18)8-13-7-11(3)16-17-13/h4-7H,8H2,1-3H3,(H,15,18)(H,16,17). The molecule has 94 valence electrons. The molecule has 2 aromatic rings. The van der Waals surface area contributed by atoms with Gasteiger partial charge in [-0.15, -0.1) is 0 Å². The number of H-pyrrole nitrogens is 1. The Morgan fingerprint density at radius 2 is 1.83 bits per heavy atom. The molecule has 0 saturated carbocycles. The first-order valence-electron chi connectivity index (χ1n) is 5.92. The van der Waals surface area contributed by atoms with Gasteiger partial charge in [0.25, 0.3) is 0 Å². The monoisotopic (exact) mass is 243 g/mol. The maximum atomic E-state index is 11.8. The number of hydrogen-bond acceptors (Lipinski definition) is 2. The van der Waals surface area contributed by atoms with Crippen molar-refractivity contribution in [2.24, 2.45) is 0 Å². The summed E-state index contributed by atoms with van der Waals surface area (Å²) in [5.74, 6) is -0.0495. The summed E-state index contributed by atoms with van der Waals surface area (Å²) in [6, 6.07) is 7.87. The Balaban J connectivity index is 2.02. The summed E-state index contributed by atoms with van der Waals surface area (Å²) < 4.78 is 0. The van der Waals surface area contributed by atoms with E-state index in [1.54, 1.807) is 0 Å². The smallest absolute Gasteiger partial charge is 0.230 e. The van der Waals surface area contributed by atoms with Crippen molar-refractivity contribution in [1.29, 1.82) is 0 Å². The lowest BCUT2D eigenvalue weighted by atomic mass is 10.1. The molecular weight excluding hydrogens is 226 g/mol. The van der Waals surface area contributed by atoms with Gasteiger partial charge in [0.1, 0.15) is 0 Å². The molecule has 0 aliphatic heterocycles. The van der Waals surface area contributed by atoms with E-state index in [2.05, 4.69) is 21.6 Å². The number of benzene rings is 1. The Hall–Kier alpha value is -2.10. The predicted molar refractivity (Wildman–Crippen MR) is 71.6 cm³/mol. The van der Waals surface area contributed by atoms with Crippen LogP contribution in [0.4, 0.5) is 5.69 Å². The van der Waals surface area contributed by atoms with Crippen molar-refractivity contribution in [3.05, 3.63) is 46.8 Å². The number of anilines is 1. The van der Waals surface area contributed by atoms with Gasteiger partial charge in [0.05, 0.1) is 12.1 Å². The minimum atomic E-state index is -0.0495. The molecular formula is C14H17N3O. The van der Waals surface area contributed by atoms with Crippen LogP contribution < -0.4 is 5.32 Å². The van der Waals surface area contributed by atoms with Crippen molar-refractivity contribution < 1.29 is 4.79 Å². The van der Waals surface area contributed by atoms with Crippen LogP contribution in [0.3, 0.4) is 0 Å². The third kappa shape index (κ3) is 3.20. The minimum absolute atomic E-state index is 0.0495. The highest BCUT2D eigenvalue weighted by Crippen LogP contribution is 2.14. The van der Waals surface area contributed by atoms with Crippen LogP contribution in [0.25, 0.3) is 0 Å². The van der Waals surface area contributed by atoms with Crippen LogP contribution in [0, 0.1) is 20.8 Å². The zero-order chi connectivity index (χ0) is 13.1. The molecule has 0 unspecified atom stereocenters. The molecule has 0 fully saturated rings. The number of aromatic nitrogens is 2. The molecule has 2 rings (SSSR count). The van der Waals surface area contributed by atoms with Crippen molar-refractivity contribution >= 4 is 11.6 Å². The summed E-state index contributed by atoms with van der Waals surface area (Å²) in [5.41, 5.74) is 4.84. The fraction of sp³-hybridized carbons (Fsp3) is 0.286. The molecule has 0 spiro atoms. The average Bonchev–Trinajstić information content (AvgIpc) is 2.61. The molecule has 1 heterocycles. The molecule has 0 bridgehead atoms. The van der Waals surface area contributed by atoms with Gasteiger partial charge in [-0.3, -0.25) is 9.89 Å². The molecule has 18 heavy (non-hydrogen) atoms. The Kier molecular flexibility index (Phi) is 3.46. The minimum Gasteiger partial charge on any atom is -0.326 e. The van der Waals surface area contributed by atoms with Crippen molar-refractivity contribution in [3.8, 4) is 0 Å². The number of nitrogens with one attached hydrogen (secondary N) is 2. The molecule has 0 saturated heterocycles. The van der Waals surface area contributed by atoms with E-state index in [0.29, 0.717) is 0 Å². The number of aromatic amines is 1. The van der Waals surface area contributed by atoms with Crippen LogP contribution in [-0.2, 0) is 11.2 Å². The Labute approximate surface area is 106 Å². The summed E-state index contributed by atoms with van der Waals surface area (Å²) >= 11 is 0. The number of aryl methyl sites for hydroxylation is 3. The maximum Gasteiger partial charge on any atom is 0.230 e. The quantitative estimate of drug-likeness (QED) is 0.870. The zero-order valence-corrected chi connectivity index (χ0v) is 10.9. The SMILES string of the molecule is Cc1cc(C)cc(NC(=O)Cc2cc(C)[nH]n2)c1.